The predicted octanol–water partition coefficient (Wildman–Crippen LogP) is 7.46. The minimum atomic E-state index is 0.237. The summed E-state index contributed by atoms with van der Waals surface area (Å²) < 4.78 is 0. The molecule has 0 N–H and O–H groups in total. The quantitative estimate of drug-likeness (QED) is 0.258. The van der Waals surface area contributed by atoms with Crippen LogP contribution in [0.3, 0.4) is 0 Å². The SMILES string of the molecule is CSc1ccc(C(c2ccc(SC)cc2)c2ccc3ccccc3c2)cc1. The Morgan fingerprint density at radius 2 is 1.00 bits per heavy atom. The molecule has 0 aliphatic heterocycles. The van der Waals surface area contributed by atoms with Gasteiger partial charge in [-0.25, -0.2) is 0 Å². The lowest BCUT2D eigenvalue weighted by Crippen LogP contribution is -2.03. The van der Waals surface area contributed by atoms with E-state index in [-0.39, 0.29) is 5.92 Å². The van der Waals surface area contributed by atoms with Crippen molar-refractivity contribution in [1.29, 1.82) is 0 Å². The third-order valence-electron chi connectivity index (χ3n) is 5.01. The fourth-order valence-corrected chi connectivity index (χ4v) is 4.37. The first-order chi connectivity index (χ1) is 13.3. The second-order valence-corrected chi connectivity index (χ2v) is 8.35. The zero-order valence-electron chi connectivity index (χ0n) is 15.6. The van der Waals surface area contributed by atoms with E-state index in [9.17, 15) is 0 Å². The molecular formula is C25H22S2. The Balaban J connectivity index is 1.84. The van der Waals surface area contributed by atoms with Gasteiger partial charge in [0.15, 0.2) is 0 Å². The Labute approximate surface area is 170 Å². The maximum Gasteiger partial charge on any atom is 0.0340 e. The number of hydrogen-bond acceptors (Lipinski definition) is 2. The normalized spacial score (nSPS) is 11.2. The van der Waals surface area contributed by atoms with E-state index in [1.807, 2.05) is 0 Å². The van der Waals surface area contributed by atoms with E-state index in [1.54, 1.807) is 23.5 Å². The first-order valence-corrected chi connectivity index (χ1v) is 11.5. The van der Waals surface area contributed by atoms with Crippen LogP contribution in [0.25, 0.3) is 10.8 Å². The van der Waals surface area contributed by atoms with Gasteiger partial charge in [0.05, 0.1) is 0 Å². The largest absolute Gasteiger partial charge is 0.130 e. The molecule has 4 aromatic carbocycles. The molecular weight excluding hydrogens is 364 g/mol. The summed E-state index contributed by atoms with van der Waals surface area (Å²) in [4.78, 5) is 2.60. The van der Waals surface area contributed by atoms with Crippen molar-refractivity contribution in [3.05, 3.63) is 108 Å². The Morgan fingerprint density at radius 3 is 1.52 bits per heavy atom. The molecule has 0 bridgehead atoms. The summed E-state index contributed by atoms with van der Waals surface area (Å²) in [7, 11) is 0. The van der Waals surface area contributed by atoms with E-state index in [0.29, 0.717) is 0 Å². The molecule has 2 heteroatoms. The fraction of sp³-hybridized carbons (Fsp3) is 0.120. The molecule has 0 heterocycles. The van der Waals surface area contributed by atoms with Gasteiger partial charge >= 0.3 is 0 Å². The van der Waals surface area contributed by atoms with Crippen molar-refractivity contribution in [2.75, 3.05) is 12.5 Å². The standard InChI is InChI=1S/C25H22S2/c1-26-23-13-9-19(10-14-23)25(20-11-15-24(27-2)16-12-20)22-8-7-18-5-3-4-6-21(18)17-22/h3-17,25H,1-2H3. The van der Waals surface area contributed by atoms with Gasteiger partial charge in [0.2, 0.25) is 0 Å². The summed E-state index contributed by atoms with van der Waals surface area (Å²) in [6, 6.07) is 33.4. The van der Waals surface area contributed by atoms with Crippen LogP contribution in [-0.2, 0) is 0 Å². The molecule has 0 atom stereocenters. The summed E-state index contributed by atoms with van der Waals surface area (Å²) in [5.41, 5.74) is 4.00. The predicted molar refractivity (Wildman–Crippen MR) is 121 cm³/mol. The molecule has 0 saturated carbocycles. The Morgan fingerprint density at radius 1 is 0.519 bits per heavy atom. The van der Waals surface area contributed by atoms with Gasteiger partial charge in [-0.3, -0.25) is 0 Å². The molecule has 4 rings (SSSR count). The number of hydrogen-bond donors (Lipinski definition) is 0. The molecule has 0 amide bonds. The van der Waals surface area contributed by atoms with E-state index >= 15 is 0 Å². The number of rotatable bonds is 5. The van der Waals surface area contributed by atoms with E-state index < -0.39 is 0 Å². The van der Waals surface area contributed by atoms with Gasteiger partial charge in [-0.2, -0.15) is 0 Å². The number of fused-ring (bicyclic) bond motifs is 1. The van der Waals surface area contributed by atoms with Crippen molar-refractivity contribution < 1.29 is 0 Å². The fourth-order valence-electron chi connectivity index (χ4n) is 3.56. The molecule has 0 aliphatic carbocycles. The maximum absolute atomic E-state index is 2.34. The van der Waals surface area contributed by atoms with Crippen molar-refractivity contribution >= 4 is 34.3 Å². The third-order valence-corrected chi connectivity index (χ3v) is 6.49. The highest BCUT2D eigenvalue weighted by Gasteiger charge is 2.17. The first kappa shape index (κ1) is 18.2. The van der Waals surface area contributed by atoms with Crippen LogP contribution < -0.4 is 0 Å². The maximum atomic E-state index is 2.34. The molecule has 0 spiro atoms. The molecule has 27 heavy (non-hydrogen) atoms. The van der Waals surface area contributed by atoms with Crippen LogP contribution in [0.5, 0.6) is 0 Å². The highest BCUT2D eigenvalue weighted by Crippen LogP contribution is 2.35. The van der Waals surface area contributed by atoms with Gasteiger partial charge in [0.25, 0.3) is 0 Å². The molecule has 0 aliphatic rings. The Hall–Kier alpha value is -2.16. The minimum absolute atomic E-state index is 0.237. The lowest BCUT2D eigenvalue weighted by atomic mass is 9.84. The van der Waals surface area contributed by atoms with E-state index in [0.717, 1.165) is 0 Å². The monoisotopic (exact) mass is 386 g/mol. The zero-order valence-corrected chi connectivity index (χ0v) is 17.2. The third kappa shape index (κ3) is 3.92. The van der Waals surface area contributed by atoms with Gasteiger partial charge in [-0.1, -0.05) is 66.7 Å². The first-order valence-electron chi connectivity index (χ1n) is 9.05. The van der Waals surface area contributed by atoms with Crippen molar-refractivity contribution in [2.45, 2.75) is 15.7 Å². The lowest BCUT2D eigenvalue weighted by Gasteiger charge is -2.20. The summed E-state index contributed by atoms with van der Waals surface area (Å²) in [6.07, 6.45) is 4.24. The second kappa shape index (κ2) is 8.24. The Bertz CT molecular complexity index is 986. The van der Waals surface area contributed by atoms with Crippen LogP contribution in [0.4, 0.5) is 0 Å². The minimum Gasteiger partial charge on any atom is -0.130 e. The van der Waals surface area contributed by atoms with Gasteiger partial charge in [-0.15, -0.1) is 23.5 Å². The smallest absolute Gasteiger partial charge is 0.0340 e. The average molecular weight is 387 g/mol. The van der Waals surface area contributed by atoms with E-state index in [4.69, 9.17) is 0 Å². The Kier molecular flexibility index (Phi) is 5.56. The molecule has 4 aromatic rings. The molecule has 134 valence electrons. The summed E-state index contributed by atoms with van der Waals surface area (Å²) in [5, 5.41) is 2.58. The van der Waals surface area contributed by atoms with E-state index in [1.165, 1.54) is 37.3 Å². The zero-order chi connectivity index (χ0) is 18.6. The number of thioether (sulfide) groups is 2. The van der Waals surface area contributed by atoms with E-state index in [2.05, 4.69) is 104 Å². The van der Waals surface area contributed by atoms with Crippen LogP contribution in [0.1, 0.15) is 22.6 Å². The van der Waals surface area contributed by atoms with Crippen molar-refractivity contribution in [2.24, 2.45) is 0 Å². The molecule has 0 aromatic heterocycles. The van der Waals surface area contributed by atoms with Gasteiger partial charge in [-0.05, 0) is 64.2 Å². The van der Waals surface area contributed by atoms with Gasteiger partial charge < -0.3 is 0 Å². The lowest BCUT2D eigenvalue weighted by molar-refractivity contribution is 0.973. The average Bonchev–Trinajstić information content (AvgIpc) is 2.75. The van der Waals surface area contributed by atoms with Gasteiger partial charge in [0, 0.05) is 15.7 Å². The highest BCUT2D eigenvalue weighted by atomic mass is 32.2. The van der Waals surface area contributed by atoms with Crippen molar-refractivity contribution in [3.63, 3.8) is 0 Å². The molecule has 0 nitrogen and oxygen atoms in total. The van der Waals surface area contributed by atoms with Crippen molar-refractivity contribution in [3.8, 4) is 0 Å². The summed E-state index contributed by atoms with van der Waals surface area (Å²) in [5.74, 6) is 0.237. The molecule has 0 fully saturated rings. The van der Waals surface area contributed by atoms with Crippen LogP contribution in [0.15, 0.2) is 101 Å². The summed E-state index contributed by atoms with van der Waals surface area (Å²) in [6.45, 7) is 0. The van der Waals surface area contributed by atoms with Crippen molar-refractivity contribution in [1.82, 2.24) is 0 Å². The molecule has 0 radical (unpaired) electrons. The summed E-state index contributed by atoms with van der Waals surface area (Å²) >= 11 is 3.57. The second-order valence-electron chi connectivity index (χ2n) is 6.59. The van der Waals surface area contributed by atoms with Crippen LogP contribution in [0, 0.1) is 0 Å². The van der Waals surface area contributed by atoms with Crippen LogP contribution in [-0.4, -0.2) is 12.5 Å². The topological polar surface area (TPSA) is 0 Å². The molecule has 0 unspecified atom stereocenters. The van der Waals surface area contributed by atoms with Crippen LogP contribution >= 0.6 is 23.5 Å². The van der Waals surface area contributed by atoms with Gasteiger partial charge in [0.1, 0.15) is 0 Å². The van der Waals surface area contributed by atoms with Crippen LogP contribution in [0.2, 0.25) is 0 Å². The molecule has 0 saturated heterocycles. The highest BCUT2D eigenvalue weighted by molar-refractivity contribution is 7.98. The number of benzene rings is 4.